The van der Waals surface area contributed by atoms with Crippen molar-refractivity contribution >= 4 is 17.3 Å². The van der Waals surface area contributed by atoms with Gasteiger partial charge in [-0.1, -0.05) is 24.6 Å². The summed E-state index contributed by atoms with van der Waals surface area (Å²) in [6.45, 7) is 5.15. The largest absolute Gasteiger partial charge is 0.384 e. The smallest absolute Gasteiger partial charge is 0.0640 e. The summed E-state index contributed by atoms with van der Waals surface area (Å²) in [5.74, 6) is 0. The van der Waals surface area contributed by atoms with Crippen LogP contribution in [0, 0.1) is 6.92 Å². The van der Waals surface area contributed by atoms with E-state index in [-0.39, 0.29) is 0 Å². The van der Waals surface area contributed by atoms with E-state index in [2.05, 4.69) is 18.3 Å². The lowest BCUT2D eigenvalue weighted by Crippen LogP contribution is -1.99. The molecule has 2 heteroatoms. The van der Waals surface area contributed by atoms with Gasteiger partial charge in [-0.3, -0.25) is 0 Å². The summed E-state index contributed by atoms with van der Waals surface area (Å²) in [4.78, 5) is 0. The van der Waals surface area contributed by atoms with Crippen molar-refractivity contribution < 1.29 is 0 Å². The van der Waals surface area contributed by atoms with E-state index in [0.29, 0.717) is 0 Å². The standard InChI is InChI=1S/C10H14ClN/c1-3-6-12-10-5-4-8(2)7-9(10)11/h4-5,7,12H,3,6H2,1-2H3. The van der Waals surface area contributed by atoms with E-state index in [1.54, 1.807) is 0 Å². The first-order valence-corrected chi connectivity index (χ1v) is 4.62. The second-order valence-corrected chi connectivity index (χ2v) is 3.32. The van der Waals surface area contributed by atoms with Crippen molar-refractivity contribution in [3.8, 4) is 0 Å². The summed E-state index contributed by atoms with van der Waals surface area (Å²) in [5, 5.41) is 4.07. The minimum atomic E-state index is 0.809. The quantitative estimate of drug-likeness (QED) is 0.757. The first-order chi connectivity index (χ1) is 5.74. The summed E-state index contributed by atoms with van der Waals surface area (Å²) < 4.78 is 0. The van der Waals surface area contributed by atoms with Crippen molar-refractivity contribution in [3.05, 3.63) is 28.8 Å². The molecule has 0 radical (unpaired) electrons. The van der Waals surface area contributed by atoms with E-state index in [1.165, 1.54) is 5.56 Å². The third-order valence-electron chi connectivity index (χ3n) is 1.69. The molecule has 0 aliphatic rings. The van der Waals surface area contributed by atoms with Crippen LogP contribution in [-0.4, -0.2) is 6.54 Å². The highest BCUT2D eigenvalue weighted by Crippen LogP contribution is 2.22. The average Bonchev–Trinajstić information content (AvgIpc) is 2.03. The summed E-state index contributed by atoms with van der Waals surface area (Å²) >= 11 is 6.00. The molecule has 12 heavy (non-hydrogen) atoms. The maximum absolute atomic E-state index is 6.00. The number of hydrogen-bond donors (Lipinski definition) is 1. The zero-order valence-corrected chi connectivity index (χ0v) is 8.28. The molecule has 1 aromatic carbocycles. The molecule has 0 saturated heterocycles. The van der Waals surface area contributed by atoms with Crippen LogP contribution < -0.4 is 5.32 Å². The molecule has 0 heterocycles. The van der Waals surface area contributed by atoms with Crippen LogP contribution in [0.3, 0.4) is 0 Å². The Bertz CT molecular complexity index is 258. The van der Waals surface area contributed by atoms with Crippen LogP contribution in [0.5, 0.6) is 0 Å². The molecule has 1 rings (SSSR count). The number of halogens is 1. The lowest BCUT2D eigenvalue weighted by Gasteiger charge is -2.06. The van der Waals surface area contributed by atoms with Gasteiger partial charge in [0.2, 0.25) is 0 Å². The highest BCUT2D eigenvalue weighted by Gasteiger charge is 1.97. The Morgan fingerprint density at radius 1 is 1.42 bits per heavy atom. The number of aryl methyl sites for hydroxylation is 1. The zero-order chi connectivity index (χ0) is 8.97. The van der Waals surface area contributed by atoms with E-state index >= 15 is 0 Å². The second kappa shape index (κ2) is 4.36. The van der Waals surface area contributed by atoms with Crippen LogP contribution in [0.25, 0.3) is 0 Å². The highest BCUT2D eigenvalue weighted by atomic mass is 35.5. The van der Waals surface area contributed by atoms with Gasteiger partial charge in [0.1, 0.15) is 0 Å². The molecule has 0 unspecified atom stereocenters. The number of anilines is 1. The van der Waals surface area contributed by atoms with Gasteiger partial charge in [-0.05, 0) is 31.0 Å². The van der Waals surface area contributed by atoms with Crippen molar-refractivity contribution in [1.29, 1.82) is 0 Å². The molecule has 1 N–H and O–H groups in total. The topological polar surface area (TPSA) is 12.0 Å². The van der Waals surface area contributed by atoms with Crippen LogP contribution in [0.2, 0.25) is 5.02 Å². The van der Waals surface area contributed by atoms with E-state index in [0.717, 1.165) is 23.7 Å². The maximum atomic E-state index is 6.00. The molecule has 0 aromatic heterocycles. The van der Waals surface area contributed by atoms with Gasteiger partial charge in [-0.15, -0.1) is 0 Å². The molecule has 0 aliphatic carbocycles. The third-order valence-corrected chi connectivity index (χ3v) is 2.00. The fraction of sp³-hybridized carbons (Fsp3) is 0.400. The van der Waals surface area contributed by atoms with Crippen molar-refractivity contribution in [2.75, 3.05) is 11.9 Å². The van der Waals surface area contributed by atoms with Gasteiger partial charge in [0.15, 0.2) is 0 Å². The molecule has 1 aromatic rings. The Morgan fingerprint density at radius 2 is 2.17 bits per heavy atom. The van der Waals surface area contributed by atoms with Crippen molar-refractivity contribution in [2.45, 2.75) is 20.3 Å². The van der Waals surface area contributed by atoms with Crippen molar-refractivity contribution in [3.63, 3.8) is 0 Å². The van der Waals surface area contributed by atoms with Crippen molar-refractivity contribution in [2.24, 2.45) is 0 Å². The van der Waals surface area contributed by atoms with Gasteiger partial charge in [-0.25, -0.2) is 0 Å². The van der Waals surface area contributed by atoms with Crippen LogP contribution in [-0.2, 0) is 0 Å². The van der Waals surface area contributed by atoms with Gasteiger partial charge in [0, 0.05) is 6.54 Å². The summed E-state index contributed by atoms with van der Waals surface area (Å²) in [6, 6.07) is 6.05. The van der Waals surface area contributed by atoms with E-state index in [9.17, 15) is 0 Å². The average molecular weight is 184 g/mol. The van der Waals surface area contributed by atoms with Crippen LogP contribution in [0.15, 0.2) is 18.2 Å². The Kier molecular flexibility index (Phi) is 3.42. The Morgan fingerprint density at radius 3 is 2.75 bits per heavy atom. The Labute approximate surface area is 78.7 Å². The zero-order valence-electron chi connectivity index (χ0n) is 7.52. The van der Waals surface area contributed by atoms with Crippen molar-refractivity contribution in [1.82, 2.24) is 0 Å². The fourth-order valence-electron chi connectivity index (χ4n) is 1.02. The molecule has 0 amide bonds. The minimum Gasteiger partial charge on any atom is -0.384 e. The first kappa shape index (κ1) is 9.40. The molecular weight excluding hydrogens is 170 g/mol. The number of hydrogen-bond acceptors (Lipinski definition) is 1. The van der Waals surface area contributed by atoms with Gasteiger partial charge in [0.25, 0.3) is 0 Å². The molecule has 0 saturated carbocycles. The minimum absolute atomic E-state index is 0.809. The van der Waals surface area contributed by atoms with Gasteiger partial charge in [-0.2, -0.15) is 0 Å². The molecular formula is C10H14ClN. The second-order valence-electron chi connectivity index (χ2n) is 2.91. The molecule has 0 aliphatic heterocycles. The number of benzene rings is 1. The van der Waals surface area contributed by atoms with Gasteiger partial charge < -0.3 is 5.32 Å². The van der Waals surface area contributed by atoms with Crippen LogP contribution >= 0.6 is 11.6 Å². The fourth-order valence-corrected chi connectivity index (χ4v) is 1.33. The molecule has 1 nitrogen and oxygen atoms in total. The molecule has 0 atom stereocenters. The van der Waals surface area contributed by atoms with E-state index < -0.39 is 0 Å². The molecule has 0 spiro atoms. The summed E-state index contributed by atoms with van der Waals surface area (Å²) in [7, 11) is 0. The predicted octanol–water partition coefficient (Wildman–Crippen LogP) is 3.47. The normalized spacial score (nSPS) is 9.92. The van der Waals surface area contributed by atoms with Crippen LogP contribution in [0.1, 0.15) is 18.9 Å². The Hall–Kier alpha value is -0.690. The Balaban J connectivity index is 2.72. The van der Waals surface area contributed by atoms with Gasteiger partial charge in [0.05, 0.1) is 10.7 Å². The summed E-state index contributed by atoms with van der Waals surface area (Å²) in [5.41, 5.74) is 2.23. The molecule has 0 fully saturated rings. The monoisotopic (exact) mass is 183 g/mol. The van der Waals surface area contributed by atoms with Gasteiger partial charge >= 0.3 is 0 Å². The number of rotatable bonds is 3. The lowest BCUT2D eigenvalue weighted by atomic mass is 10.2. The summed E-state index contributed by atoms with van der Waals surface area (Å²) in [6.07, 6.45) is 1.12. The molecule has 0 bridgehead atoms. The highest BCUT2D eigenvalue weighted by molar-refractivity contribution is 6.33. The van der Waals surface area contributed by atoms with E-state index in [4.69, 9.17) is 11.6 Å². The van der Waals surface area contributed by atoms with E-state index in [1.807, 2.05) is 19.1 Å². The van der Waals surface area contributed by atoms with Crippen LogP contribution in [0.4, 0.5) is 5.69 Å². The molecule has 66 valence electrons. The predicted molar refractivity (Wildman–Crippen MR) is 55.0 cm³/mol. The first-order valence-electron chi connectivity index (χ1n) is 4.24. The maximum Gasteiger partial charge on any atom is 0.0640 e. The SMILES string of the molecule is CCCNc1ccc(C)cc1Cl. The number of nitrogens with one attached hydrogen (secondary N) is 1. The third kappa shape index (κ3) is 2.42. The lowest BCUT2D eigenvalue weighted by molar-refractivity contribution is 0.979.